The Balaban J connectivity index is 2.79. The molecule has 0 saturated heterocycles. The van der Waals surface area contributed by atoms with Crippen molar-refractivity contribution in [3.8, 4) is 5.75 Å². The van der Waals surface area contributed by atoms with Crippen molar-refractivity contribution in [3.63, 3.8) is 0 Å². The molecular weight excluding hydrogens is 216 g/mol. The molecule has 0 bridgehead atoms. The molecule has 0 fully saturated rings. The lowest BCUT2D eigenvalue weighted by Crippen LogP contribution is -2.22. The van der Waals surface area contributed by atoms with Gasteiger partial charge in [-0.05, 0) is 44.5 Å². The molecule has 0 aliphatic heterocycles. The van der Waals surface area contributed by atoms with Crippen LogP contribution >= 0.6 is 0 Å². The summed E-state index contributed by atoms with van der Waals surface area (Å²) in [6, 6.07) is 7.55. The molecule has 0 atom stereocenters. The zero-order valence-electron chi connectivity index (χ0n) is 10.7. The van der Waals surface area contributed by atoms with Gasteiger partial charge in [-0.15, -0.1) is 0 Å². The highest BCUT2D eigenvalue weighted by Gasteiger charge is 2.11. The van der Waals surface area contributed by atoms with E-state index < -0.39 is 0 Å². The molecule has 3 heteroatoms. The number of hydrogen-bond donors (Lipinski definition) is 0. The summed E-state index contributed by atoms with van der Waals surface area (Å²) in [5, 5.41) is 0. The largest absolute Gasteiger partial charge is 0.488 e. The zero-order valence-corrected chi connectivity index (χ0v) is 10.7. The summed E-state index contributed by atoms with van der Waals surface area (Å²) in [7, 11) is 1.35. The van der Waals surface area contributed by atoms with Crippen LogP contribution in [-0.4, -0.2) is 18.7 Å². The van der Waals surface area contributed by atoms with Crippen molar-refractivity contribution in [2.75, 3.05) is 7.11 Å². The van der Waals surface area contributed by atoms with Gasteiger partial charge in [0.1, 0.15) is 11.4 Å². The molecule has 1 rings (SSSR count). The van der Waals surface area contributed by atoms with Gasteiger partial charge in [-0.3, -0.25) is 0 Å². The highest BCUT2D eigenvalue weighted by atomic mass is 16.5. The maximum absolute atomic E-state index is 11.0. The van der Waals surface area contributed by atoms with Crippen molar-refractivity contribution in [1.82, 2.24) is 0 Å². The molecule has 0 N–H and O–H groups in total. The summed E-state index contributed by atoms with van der Waals surface area (Å²) in [5.74, 6) is 0.414. The van der Waals surface area contributed by atoms with Gasteiger partial charge in [0, 0.05) is 6.08 Å². The lowest BCUT2D eigenvalue weighted by Gasteiger charge is -2.21. The summed E-state index contributed by atoms with van der Waals surface area (Å²) < 4.78 is 10.3. The molecule has 1 aromatic carbocycles. The van der Waals surface area contributed by atoms with E-state index in [9.17, 15) is 4.79 Å². The van der Waals surface area contributed by atoms with Crippen molar-refractivity contribution < 1.29 is 14.3 Å². The standard InChI is InChI=1S/C14H18O3/c1-14(2,3)17-12-7-5-6-11(10-12)8-9-13(15)16-4/h5-10H,1-4H3/b9-8+. The number of hydrogen-bond acceptors (Lipinski definition) is 3. The van der Waals surface area contributed by atoms with Crippen LogP contribution in [0.15, 0.2) is 30.3 Å². The molecule has 92 valence electrons. The topological polar surface area (TPSA) is 35.5 Å². The van der Waals surface area contributed by atoms with Gasteiger partial charge in [-0.25, -0.2) is 4.79 Å². The number of rotatable bonds is 3. The molecule has 0 aliphatic carbocycles. The van der Waals surface area contributed by atoms with Gasteiger partial charge in [-0.1, -0.05) is 12.1 Å². The molecule has 0 aromatic heterocycles. The molecular formula is C14H18O3. The Morgan fingerprint density at radius 2 is 2.00 bits per heavy atom. The van der Waals surface area contributed by atoms with Crippen molar-refractivity contribution in [1.29, 1.82) is 0 Å². The summed E-state index contributed by atoms with van der Waals surface area (Å²) in [6.07, 6.45) is 3.08. The minimum atomic E-state index is -0.368. The average Bonchev–Trinajstić information content (AvgIpc) is 2.24. The van der Waals surface area contributed by atoms with E-state index in [-0.39, 0.29) is 11.6 Å². The second kappa shape index (κ2) is 5.53. The van der Waals surface area contributed by atoms with Crippen LogP contribution in [0.2, 0.25) is 0 Å². The number of ether oxygens (including phenoxy) is 2. The van der Waals surface area contributed by atoms with E-state index in [0.29, 0.717) is 0 Å². The van der Waals surface area contributed by atoms with E-state index in [1.165, 1.54) is 13.2 Å². The zero-order chi connectivity index (χ0) is 12.9. The Bertz CT molecular complexity index is 414. The van der Waals surface area contributed by atoms with Crippen LogP contribution in [0.5, 0.6) is 5.75 Å². The monoisotopic (exact) mass is 234 g/mol. The number of esters is 1. The molecule has 1 aromatic rings. The number of carbonyl (C=O) groups is 1. The molecule has 0 spiro atoms. The van der Waals surface area contributed by atoms with E-state index in [4.69, 9.17) is 4.74 Å². The number of benzene rings is 1. The van der Waals surface area contributed by atoms with Crippen LogP contribution in [0, 0.1) is 0 Å². The van der Waals surface area contributed by atoms with Gasteiger partial charge in [0.2, 0.25) is 0 Å². The van der Waals surface area contributed by atoms with Crippen LogP contribution in [0.4, 0.5) is 0 Å². The Labute approximate surface area is 102 Å². The van der Waals surface area contributed by atoms with Gasteiger partial charge in [0.25, 0.3) is 0 Å². The molecule has 0 aliphatic rings. The van der Waals surface area contributed by atoms with Gasteiger partial charge in [0.05, 0.1) is 7.11 Å². The molecule has 0 saturated carbocycles. The van der Waals surface area contributed by atoms with Gasteiger partial charge >= 0.3 is 5.97 Å². The summed E-state index contributed by atoms with van der Waals surface area (Å²) in [5.41, 5.74) is 0.669. The average molecular weight is 234 g/mol. The predicted octanol–water partition coefficient (Wildman–Crippen LogP) is 3.05. The molecule has 0 amide bonds. The first-order chi connectivity index (χ1) is 7.90. The molecule has 0 radical (unpaired) electrons. The van der Waals surface area contributed by atoms with Crippen LogP contribution < -0.4 is 4.74 Å². The van der Waals surface area contributed by atoms with Gasteiger partial charge in [-0.2, -0.15) is 0 Å². The normalized spacial score (nSPS) is 11.5. The lowest BCUT2D eigenvalue weighted by molar-refractivity contribution is -0.134. The fourth-order valence-electron chi connectivity index (χ4n) is 1.27. The van der Waals surface area contributed by atoms with Crippen molar-refractivity contribution in [3.05, 3.63) is 35.9 Å². The third-order valence-electron chi connectivity index (χ3n) is 1.90. The van der Waals surface area contributed by atoms with Crippen LogP contribution in [0.3, 0.4) is 0 Å². The molecule has 17 heavy (non-hydrogen) atoms. The third-order valence-corrected chi connectivity index (χ3v) is 1.90. The van der Waals surface area contributed by atoms with Crippen LogP contribution in [-0.2, 0) is 9.53 Å². The fraction of sp³-hybridized carbons (Fsp3) is 0.357. The van der Waals surface area contributed by atoms with E-state index >= 15 is 0 Å². The summed E-state index contributed by atoms with van der Waals surface area (Å²) in [6.45, 7) is 5.97. The number of methoxy groups -OCH3 is 1. The SMILES string of the molecule is COC(=O)/C=C/c1cccc(OC(C)(C)C)c1. The Morgan fingerprint density at radius 1 is 1.29 bits per heavy atom. The van der Waals surface area contributed by atoms with E-state index in [0.717, 1.165) is 11.3 Å². The van der Waals surface area contributed by atoms with Crippen LogP contribution in [0.25, 0.3) is 6.08 Å². The third kappa shape index (κ3) is 5.20. The van der Waals surface area contributed by atoms with Crippen LogP contribution in [0.1, 0.15) is 26.3 Å². The smallest absolute Gasteiger partial charge is 0.330 e. The minimum absolute atomic E-state index is 0.231. The van der Waals surface area contributed by atoms with Gasteiger partial charge in [0.15, 0.2) is 0 Å². The maximum Gasteiger partial charge on any atom is 0.330 e. The number of carbonyl (C=O) groups excluding carboxylic acids is 1. The summed E-state index contributed by atoms with van der Waals surface area (Å²) >= 11 is 0. The quantitative estimate of drug-likeness (QED) is 0.595. The highest BCUT2D eigenvalue weighted by Crippen LogP contribution is 2.19. The minimum Gasteiger partial charge on any atom is -0.488 e. The summed E-state index contributed by atoms with van der Waals surface area (Å²) in [4.78, 5) is 11.0. The molecule has 0 heterocycles. The second-order valence-electron chi connectivity index (χ2n) is 4.64. The van der Waals surface area contributed by atoms with E-state index in [2.05, 4.69) is 4.74 Å². The highest BCUT2D eigenvalue weighted by molar-refractivity contribution is 5.86. The first kappa shape index (κ1) is 13.3. The molecule has 0 unspecified atom stereocenters. The van der Waals surface area contributed by atoms with Crippen molar-refractivity contribution in [2.24, 2.45) is 0 Å². The predicted molar refractivity (Wildman–Crippen MR) is 67.9 cm³/mol. The first-order valence-corrected chi connectivity index (χ1v) is 5.46. The van der Waals surface area contributed by atoms with Crippen molar-refractivity contribution in [2.45, 2.75) is 26.4 Å². The Kier molecular flexibility index (Phi) is 4.32. The fourth-order valence-corrected chi connectivity index (χ4v) is 1.27. The lowest BCUT2D eigenvalue weighted by atomic mass is 10.1. The molecule has 3 nitrogen and oxygen atoms in total. The van der Waals surface area contributed by atoms with E-state index in [1.54, 1.807) is 6.08 Å². The van der Waals surface area contributed by atoms with Gasteiger partial charge < -0.3 is 9.47 Å². The van der Waals surface area contributed by atoms with Crippen molar-refractivity contribution >= 4 is 12.0 Å². The first-order valence-electron chi connectivity index (χ1n) is 5.46. The maximum atomic E-state index is 11.0. The second-order valence-corrected chi connectivity index (χ2v) is 4.64. The van der Waals surface area contributed by atoms with E-state index in [1.807, 2.05) is 45.0 Å². The Morgan fingerprint density at radius 3 is 2.59 bits per heavy atom. The Hall–Kier alpha value is -1.77.